The van der Waals surface area contributed by atoms with E-state index in [0.717, 1.165) is 24.2 Å². The molecule has 1 atom stereocenters. The van der Waals surface area contributed by atoms with Crippen molar-refractivity contribution in [2.75, 3.05) is 32.8 Å². The van der Waals surface area contributed by atoms with Crippen LogP contribution in [-0.4, -0.2) is 65.3 Å². The van der Waals surface area contributed by atoms with E-state index in [1.165, 1.54) is 11.1 Å². The van der Waals surface area contributed by atoms with Crippen LogP contribution in [0.4, 0.5) is 0 Å². The molecular formula is C40H40ClN3O4. The predicted molar refractivity (Wildman–Crippen MR) is 187 cm³/mol. The van der Waals surface area contributed by atoms with E-state index in [2.05, 4.69) is 53.4 Å². The number of hydrogen-bond acceptors (Lipinski definition) is 5. The Labute approximate surface area is 287 Å². The second-order valence-corrected chi connectivity index (χ2v) is 12.7. The van der Waals surface area contributed by atoms with E-state index in [0.29, 0.717) is 34.9 Å². The van der Waals surface area contributed by atoms with Crippen LogP contribution in [0.2, 0.25) is 5.02 Å². The van der Waals surface area contributed by atoms with Crippen molar-refractivity contribution in [3.8, 4) is 0 Å². The number of allylic oxidation sites excluding steroid dienone is 1. The highest BCUT2D eigenvalue weighted by atomic mass is 35.5. The highest BCUT2D eigenvalue weighted by molar-refractivity contribution is 6.30. The van der Waals surface area contributed by atoms with Gasteiger partial charge < -0.3 is 14.5 Å². The Morgan fingerprint density at radius 3 is 1.96 bits per heavy atom. The standard InChI is InChI=1S/C40H40ClN3O4/c1-3-48-40(47)37-28(2)44(36(45)26-35(37)30-18-20-34(41)21-19-30)27-29-14-16-33(17-15-29)39(46)43-24-22-42(23-25-43)38(31-10-6-4-7-11-31)32-12-8-5-9-13-32/h4-21,35,38H,3,22-27H2,1-2H3. The van der Waals surface area contributed by atoms with Crippen LogP contribution in [0.1, 0.15) is 64.8 Å². The molecule has 0 spiro atoms. The van der Waals surface area contributed by atoms with Crippen molar-refractivity contribution >= 4 is 29.4 Å². The molecule has 0 N–H and O–H groups in total. The first-order chi connectivity index (χ1) is 23.3. The van der Waals surface area contributed by atoms with Crippen LogP contribution in [0.3, 0.4) is 0 Å². The molecule has 0 radical (unpaired) electrons. The molecule has 1 fully saturated rings. The molecule has 0 aliphatic carbocycles. The SMILES string of the molecule is CCOC(=O)C1=C(C)N(Cc2ccc(C(=O)N3CCN(C(c4ccccc4)c4ccccc4)CC3)cc2)C(=O)CC1c1ccc(Cl)cc1. The van der Waals surface area contributed by atoms with Gasteiger partial charge in [0.25, 0.3) is 5.91 Å². The molecule has 2 aliphatic heterocycles. The Balaban J connectivity index is 1.14. The first-order valence-corrected chi connectivity index (χ1v) is 16.9. The van der Waals surface area contributed by atoms with Gasteiger partial charge in [-0.1, -0.05) is 96.5 Å². The number of benzene rings is 4. The summed E-state index contributed by atoms with van der Waals surface area (Å²) in [5.41, 5.74) is 5.86. The number of halogens is 1. The maximum Gasteiger partial charge on any atom is 0.336 e. The van der Waals surface area contributed by atoms with Gasteiger partial charge in [-0.2, -0.15) is 0 Å². The van der Waals surface area contributed by atoms with Gasteiger partial charge >= 0.3 is 5.97 Å². The summed E-state index contributed by atoms with van der Waals surface area (Å²) in [6.07, 6.45) is 0.144. The average molecular weight is 662 g/mol. The Bertz CT molecular complexity index is 1730. The molecule has 4 aromatic rings. The monoisotopic (exact) mass is 661 g/mol. The molecule has 0 aromatic heterocycles. The maximum atomic E-state index is 13.6. The van der Waals surface area contributed by atoms with Gasteiger partial charge in [0.2, 0.25) is 5.91 Å². The number of carbonyl (C=O) groups excluding carboxylic acids is 3. The summed E-state index contributed by atoms with van der Waals surface area (Å²) in [7, 11) is 0. The second-order valence-electron chi connectivity index (χ2n) is 12.3. The lowest BCUT2D eigenvalue weighted by atomic mass is 9.83. The fraction of sp³-hybridized carbons (Fsp3) is 0.275. The van der Waals surface area contributed by atoms with Crippen molar-refractivity contribution in [3.05, 3.63) is 153 Å². The highest BCUT2D eigenvalue weighted by Gasteiger charge is 2.37. The summed E-state index contributed by atoms with van der Waals surface area (Å²) in [4.78, 5) is 46.2. The highest BCUT2D eigenvalue weighted by Crippen LogP contribution is 2.38. The fourth-order valence-electron chi connectivity index (χ4n) is 6.84. The van der Waals surface area contributed by atoms with Gasteiger partial charge in [0.1, 0.15) is 0 Å². The zero-order valence-corrected chi connectivity index (χ0v) is 28.1. The largest absolute Gasteiger partial charge is 0.463 e. The fourth-order valence-corrected chi connectivity index (χ4v) is 6.97. The van der Waals surface area contributed by atoms with Crippen molar-refractivity contribution in [3.63, 3.8) is 0 Å². The number of carbonyl (C=O) groups is 3. The predicted octanol–water partition coefficient (Wildman–Crippen LogP) is 7.24. The van der Waals surface area contributed by atoms with Gasteiger partial charge in [-0.05, 0) is 60.4 Å². The summed E-state index contributed by atoms with van der Waals surface area (Å²) < 4.78 is 5.42. The van der Waals surface area contributed by atoms with Crippen LogP contribution < -0.4 is 0 Å². The first kappa shape index (κ1) is 33.2. The maximum absolute atomic E-state index is 13.6. The quantitative estimate of drug-likeness (QED) is 0.177. The Hall–Kier alpha value is -4.72. The molecule has 8 heteroatoms. The summed E-state index contributed by atoms with van der Waals surface area (Å²) in [5, 5.41) is 0.588. The number of amides is 2. The molecule has 7 nitrogen and oxygen atoms in total. The van der Waals surface area contributed by atoms with Crippen LogP contribution in [0.15, 0.2) is 120 Å². The average Bonchev–Trinajstić information content (AvgIpc) is 3.11. The van der Waals surface area contributed by atoms with Crippen molar-refractivity contribution in [1.29, 1.82) is 0 Å². The van der Waals surface area contributed by atoms with Crippen molar-refractivity contribution in [1.82, 2.24) is 14.7 Å². The number of rotatable bonds is 9. The third-order valence-electron chi connectivity index (χ3n) is 9.33. The molecule has 48 heavy (non-hydrogen) atoms. The van der Waals surface area contributed by atoms with Gasteiger partial charge in [0.15, 0.2) is 0 Å². The normalized spacial score (nSPS) is 17.2. The number of nitrogens with zero attached hydrogens (tertiary/aromatic N) is 3. The lowest BCUT2D eigenvalue weighted by Gasteiger charge is -2.39. The smallest absolute Gasteiger partial charge is 0.336 e. The molecule has 2 aliphatic rings. The van der Waals surface area contributed by atoms with Gasteiger partial charge in [0, 0.05) is 54.8 Å². The summed E-state index contributed by atoms with van der Waals surface area (Å²) in [6, 6.07) is 35.8. The Morgan fingerprint density at radius 2 is 1.40 bits per heavy atom. The van der Waals surface area contributed by atoms with Crippen LogP contribution in [0.5, 0.6) is 0 Å². The molecule has 246 valence electrons. The number of esters is 1. The van der Waals surface area contributed by atoms with E-state index in [9.17, 15) is 14.4 Å². The van der Waals surface area contributed by atoms with Gasteiger partial charge in [-0.3, -0.25) is 14.5 Å². The third kappa shape index (κ3) is 7.23. The van der Waals surface area contributed by atoms with E-state index in [1.807, 2.05) is 53.4 Å². The summed E-state index contributed by atoms with van der Waals surface area (Å²) in [6.45, 7) is 6.89. The topological polar surface area (TPSA) is 70.2 Å². The van der Waals surface area contributed by atoms with E-state index in [4.69, 9.17) is 16.3 Å². The van der Waals surface area contributed by atoms with E-state index in [-0.39, 0.29) is 37.4 Å². The number of piperazine rings is 1. The van der Waals surface area contributed by atoms with E-state index < -0.39 is 11.9 Å². The van der Waals surface area contributed by atoms with Crippen LogP contribution in [0, 0.1) is 0 Å². The molecule has 2 heterocycles. The second kappa shape index (κ2) is 15.0. The molecule has 1 unspecified atom stereocenters. The van der Waals surface area contributed by atoms with Crippen LogP contribution in [0.25, 0.3) is 0 Å². The van der Waals surface area contributed by atoms with Gasteiger partial charge in [0.05, 0.1) is 24.8 Å². The zero-order chi connectivity index (χ0) is 33.6. The molecule has 0 bridgehead atoms. The lowest BCUT2D eigenvalue weighted by molar-refractivity contribution is -0.140. The Kier molecular flexibility index (Phi) is 10.4. The van der Waals surface area contributed by atoms with E-state index >= 15 is 0 Å². The van der Waals surface area contributed by atoms with Crippen LogP contribution in [-0.2, 0) is 20.9 Å². The summed E-state index contributed by atoms with van der Waals surface area (Å²) in [5.74, 6) is -0.922. The number of ether oxygens (including phenoxy) is 1. The third-order valence-corrected chi connectivity index (χ3v) is 9.58. The first-order valence-electron chi connectivity index (χ1n) is 16.5. The molecule has 1 saturated heterocycles. The van der Waals surface area contributed by atoms with Crippen molar-refractivity contribution in [2.24, 2.45) is 0 Å². The lowest BCUT2D eigenvalue weighted by Crippen LogP contribution is -2.49. The molecule has 4 aromatic carbocycles. The van der Waals surface area contributed by atoms with Crippen LogP contribution >= 0.6 is 11.6 Å². The zero-order valence-electron chi connectivity index (χ0n) is 27.3. The van der Waals surface area contributed by atoms with Crippen molar-refractivity contribution < 1.29 is 19.1 Å². The number of hydrogen-bond donors (Lipinski definition) is 0. The molecule has 6 rings (SSSR count). The van der Waals surface area contributed by atoms with Gasteiger partial charge in [-0.15, -0.1) is 0 Å². The van der Waals surface area contributed by atoms with Crippen molar-refractivity contribution in [2.45, 2.75) is 38.8 Å². The molecule has 2 amide bonds. The van der Waals surface area contributed by atoms with Gasteiger partial charge in [-0.25, -0.2) is 4.79 Å². The Morgan fingerprint density at radius 1 is 0.812 bits per heavy atom. The minimum Gasteiger partial charge on any atom is -0.463 e. The van der Waals surface area contributed by atoms with E-state index in [1.54, 1.807) is 30.9 Å². The minimum atomic E-state index is -0.424. The molecular weight excluding hydrogens is 622 g/mol. The molecule has 0 saturated carbocycles. The minimum absolute atomic E-state index is 0.00213. The summed E-state index contributed by atoms with van der Waals surface area (Å²) >= 11 is 6.10.